The average Bonchev–Trinajstić information content (AvgIpc) is 3.69. The van der Waals surface area contributed by atoms with E-state index >= 15 is 4.39 Å². The molecule has 0 bridgehead atoms. The van der Waals surface area contributed by atoms with Gasteiger partial charge in [0, 0.05) is 47.9 Å². The summed E-state index contributed by atoms with van der Waals surface area (Å²) in [5.74, 6) is 1.10. The molecule has 3 heterocycles. The number of nitrogen functional groups attached to an aromatic ring is 1. The molecular weight excluding hydrogens is 514 g/mol. The summed E-state index contributed by atoms with van der Waals surface area (Å²) in [4.78, 5) is 10.4. The maximum Gasteiger partial charge on any atom is 0.166 e. The van der Waals surface area contributed by atoms with Crippen LogP contribution in [0.15, 0.2) is 36.7 Å². The Morgan fingerprint density at radius 3 is 2.70 bits per heavy atom. The first kappa shape index (κ1) is 25.7. The largest absolute Gasteiger partial charge is 0.489 e. The van der Waals surface area contributed by atoms with E-state index in [9.17, 15) is 0 Å². The van der Waals surface area contributed by atoms with Gasteiger partial charge in [-0.2, -0.15) is 0 Å². The zero-order chi connectivity index (χ0) is 26.3. The van der Waals surface area contributed by atoms with Crippen molar-refractivity contribution in [2.75, 3.05) is 30.3 Å². The minimum absolute atomic E-state index is 0.0274. The Labute approximate surface area is 225 Å². The standard InChI is InChI=1S/C27H29Cl2FN6O/c1-15-24(29)20(21(28)11-33-15)12-37-18-5-6-23(31)19(8-18)25(32)17-7-22(30)26(34-10-17)36-13-27(2,14-36)35-9-16-3-4-16/h5-8,10-11,16,32,35H,3-4,9,12-14,31H2,1-2H3. The molecule has 194 valence electrons. The Hall–Kier alpha value is -2.94. The second kappa shape index (κ2) is 10.1. The lowest BCUT2D eigenvalue weighted by Crippen LogP contribution is -2.68. The summed E-state index contributed by atoms with van der Waals surface area (Å²) in [5.41, 5.74) is 8.57. The van der Waals surface area contributed by atoms with E-state index < -0.39 is 5.82 Å². The molecule has 2 aromatic heterocycles. The molecule has 1 aromatic carbocycles. The van der Waals surface area contributed by atoms with Crippen LogP contribution in [0.1, 0.15) is 42.1 Å². The Kier molecular flexibility index (Phi) is 7.00. The number of aryl methyl sites for hydroxylation is 1. The van der Waals surface area contributed by atoms with Crippen molar-refractivity contribution in [1.29, 1.82) is 5.41 Å². The lowest BCUT2D eigenvalue weighted by atomic mass is 9.91. The molecule has 0 spiro atoms. The second-order valence-electron chi connectivity index (χ2n) is 10.2. The number of pyridine rings is 2. The van der Waals surface area contributed by atoms with E-state index in [2.05, 4.69) is 22.2 Å². The van der Waals surface area contributed by atoms with Gasteiger partial charge >= 0.3 is 0 Å². The molecular formula is C27H29Cl2FN6O. The van der Waals surface area contributed by atoms with Gasteiger partial charge in [0.2, 0.25) is 0 Å². The van der Waals surface area contributed by atoms with E-state index in [0.717, 1.165) is 12.5 Å². The topological polar surface area (TPSA) is 100 Å². The van der Waals surface area contributed by atoms with Crippen molar-refractivity contribution in [2.24, 2.45) is 5.92 Å². The lowest BCUT2D eigenvalue weighted by Gasteiger charge is -2.49. The van der Waals surface area contributed by atoms with Crippen LogP contribution in [0.4, 0.5) is 15.9 Å². The predicted molar refractivity (Wildman–Crippen MR) is 146 cm³/mol. The molecule has 1 aliphatic carbocycles. The van der Waals surface area contributed by atoms with Gasteiger partial charge in [0.1, 0.15) is 12.4 Å². The van der Waals surface area contributed by atoms with E-state index in [4.69, 9.17) is 39.1 Å². The van der Waals surface area contributed by atoms with Crippen LogP contribution in [-0.2, 0) is 6.61 Å². The van der Waals surface area contributed by atoms with E-state index in [-0.39, 0.29) is 17.9 Å². The van der Waals surface area contributed by atoms with Crippen LogP contribution in [0.25, 0.3) is 0 Å². The molecule has 0 amide bonds. The van der Waals surface area contributed by atoms with Crippen LogP contribution in [0, 0.1) is 24.1 Å². The highest BCUT2D eigenvalue weighted by Gasteiger charge is 2.41. The van der Waals surface area contributed by atoms with E-state index in [1.807, 2.05) is 4.90 Å². The minimum atomic E-state index is -0.463. The van der Waals surface area contributed by atoms with Gasteiger partial charge in [-0.1, -0.05) is 23.2 Å². The number of nitrogens with zero attached hydrogens (tertiary/aromatic N) is 3. The minimum Gasteiger partial charge on any atom is -0.489 e. The van der Waals surface area contributed by atoms with Gasteiger partial charge in [0.05, 0.1) is 27.0 Å². The highest BCUT2D eigenvalue weighted by atomic mass is 35.5. The van der Waals surface area contributed by atoms with Crippen molar-refractivity contribution in [3.05, 3.63) is 74.9 Å². The maximum atomic E-state index is 15.1. The van der Waals surface area contributed by atoms with Crippen molar-refractivity contribution < 1.29 is 9.13 Å². The Morgan fingerprint density at radius 2 is 2.00 bits per heavy atom. The number of ether oxygens (including phenoxy) is 1. The monoisotopic (exact) mass is 542 g/mol. The van der Waals surface area contributed by atoms with Gasteiger partial charge in [-0.15, -0.1) is 0 Å². The smallest absolute Gasteiger partial charge is 0.166 e. The zero-order valence-corrected chi connectivity index (χ0v) is 22.3. The van der Waals surface area contributed by atoms with Crippen molar-refractivity contribution in [2.45, 2.75) is 38.8 Å². The first-order valence-corrected chi connectivity index (χ1v) is 13.0. The van der Waals surface area contributed by atoms with E-state index in [0.29, 0.717) is 62.8 Å². The molecule has 7 nitrogen and oxygen atoms in total. The molecule has 1 saturated carbocycles. The molecule has 4 N–H and O–H groups in total. The summed E-state index contributed by atoms with van der Waals surface area (Å²) in [6, 6.07) is 6.33. The van der Waals surface area contributed by atoms with Gasteiger partial charge in [-0.3, -0.25) is 10.4 Å². The van der Waals surface area contributed by atoms with Crippen LogP contribution in [0.3, 0.4) is 0 Å². The number of rotatable bonds is 9. The van der Waals surface area contributed by atoms with Gasteiger partial charge in [0.15, 0.2) is 11.6 Å². The Morgan fingerprint density at radius 1 is 1.24 bits per heavy atom. The third-order valence-electron chi connectivity index (χ3n) is 6.92. The van der Waals surface area contributed by atoms with Gasteiger partial charge in [0.25, 0.3) is 0 Å². The van der Waals surface area contributed by atoms with Crippen molar-refractivity contribution in [3.8, 4) is 5.75 Å². The van der Waals surface area contributed by atoms with Gasteiger partial charge in [-0.25, -0.2) is 9.37 Å². The molecule has 5 rings (SSSR count). The van der Waals surface area contributed by atoms with E-state index in [1.54, 1.807) is 25.1 Å². The molecule has 1 saturated heterocycles. The molecule has 0 radical (unpaired) electrons. The summed E-state index contributed by atoms with van der Waals surface area (Å²) in [6.45, 7) is 6.46. The third-order valence-corrected chi connectivity index (χ3v) is 7.75. The van der Waals surface area contributed by atoms with Gasteiger partial charge < -0.3 is 20.7 Å². The lowest BCUT2D eigenvalue weighted by molar-refractivity contribution is 0.275. The SMILES string of the molecule is Cc1ncc(Cl)c(COc2ccc(N)c(C(=N)c3cnc(N4CC(C)(NCC5CC5)C4)c(F)c3)c2)c1Cl. The summed E-state index contributed by atoms with van der Waals surface area (Å²) < 4.78 is 21.0. The Bertz CT molecular complexity index is 1360. The summed E-state index contributed by atoms with van der Waals surface area (Å²) in [6.07, 6.45) is 5.63. The molecule has 1 aliphatic heterocycles. The van der Waals surface area contributed by atoms with Crippen LogP contribution in [-0.4, -0.2) is 40.9 Å². The maximum absolute atomic E-state index is 15.1. The van der Waals surface area contributed by atoms with E-state index in [1.165, 1.54) is 31.3 Å². The number of hydrogen-bond donors (Lipinski definition) is 3. The molecule has 0 atom stereocenters. The number of nitrogens with two attached hydrogens (primary N) is 1. The Balaban J connectivity index is 1.27. The molecule has 0 unspecified atom stereocenters. The fourth-order valence-electron chi connectivity index (χ4n) is 4.47. The number of hydrogen-bond acceptors (Lipinski definition) is 7. The molecule has 2 aliphatic rings. The zero-order valence-electron chi connectivity index (χ0n) is 20.7. The van der Waals surface area contributed by atoms with Crippen LogP contribution in [0.2, 0.25) is 10.0 Å². The highest BCUT2D eigenvalue weighted by Crippen LogP contribution is 2.33. The summed E-state index contributed by atoms with van der Waals surface area (Å²) in [5, 5.41) is 13.1. The number of nitrogens with one attached hydrogen (secondary N) is 2. The fraction of sp³-hybridized carbons (Fsp3) is 0.370. The number of benzene rings is 1. The van der Waals surface area contributed by atoms with Crippen molar-refractivity contribution >= 4 is 40.4 Å². The molecule has 37 heavy (non-hydrogen) atoms. The fourth-order valence-corrected chi connectivity index (χ4v) is 4.92. The first-order valence-electron chi connectivity index (χ1n) is 12.2. The molecule has 3 aromatic rings. The van der Waals surface area contributed by atoms with Crippen LogP contribution >= 0.6 is 23.2 Å². The number of anilines is 2. The average molecular weight is 543 g/mol. The second-order valence-corrected chi connectivity index (χ2v) is 11.0. The summed E-state index contributed by atoms with van der Waals surface area (Å²) in [7, 11) is 0. The number of aromatic nitrogens is 2. The number of halogens is 3. The van der Waals surface area contributed by atoms with Crippen LogP contribution in [0.5, 0.6) is 5.75 Å². The van der Waals surface area contributed by atoms with Crippen molar-refractivity contribution in [3.63, 3.8) is 0 Å². The van der Waals surface area contributed by atoms with Crippen molar-refractivity contribution in [1.82, 2.24) is 15.3 Å². The first-order chi connectivity index (χ1) is 17.6. The molecule has 10 heteroatoms. The summed E-state index contributed by atoms with van der Waals surface area (Å²) >= 11 is 12.6. The highest BCUT2D eigenvalue weighted by molar-refractivity contribution is 6.36. The third kappa shape index (κ3) is 5.51. The quantitative estimate of drug-likeness (QED) is 0.247. The van der Waals surface area contributed by atoms with Gasteiger partial charge in [-0.05, 0) is 63.4 Å². The predicted octanol–water partition coefficient (Wildman–Crippen LogP) is 5.39. The molecule has 2 fully saturated rings. The van der Waals surface area contributed by atoms with Crippen LogP contribution < -0.4 is 20.7 Å². The normalized spacial score (nSPS) is 16.4.